The Balaban J connectivity index is 1.56. The van der Waals surface area contributed by atoms with Crippen molar-refractivity contribution < 1.29 is 34.6 Å². The van der Waals surface area contributed by atoms with Crippen LogP contribution in [-0.4, -0.2) is 44.5 Å². The fourth-order valence-electron chi connectivity index (χ4n) is 6.68. The van der Waals surface area contributed by atoms with Gasteiger partial charge in [0.05, 0.1) is 6.10 Å². The van der Waals surface area contributed by atoms with Crippen LogP contribution in [-0.2, 0) is 19.3 Å². The first kappa shape index (κ1) is 21.7. The third-order valence-corrected chi connectivity index (χ3v) is 8.24. The summed E-state index contributed by atoms with van der Waals surface area (Å²) in [4.78, 5) is 28.9. The van der Waals surface area contributed by atoms with Crippen LogP contribution in [0.3, 0.4) is 0 Å². The molecule has 2 aliphatic carbocycles. The molecule has 3 heterocycles. The van der Waals surface area contributed by atoms with E-state index in [1.54, 1.807) is 0 Å². The predicted molar refractivity (Wildman–Crippen MR) is 114 cm³/mol. The summed E-state index contributed by atoms with van der Waals surface area (Å²) in [6.45, 7) is 6.27. The second kappa shape index (κ2) is 7.43. The zero-order valence-electron chi connectivity index (χ0n) is 18.7. The summed E-state index contributed by atoms with van der Waals surface area (Å²) in [6.07, 6.45) is 3.95. The first-order chi connectivity index (χ1) is 15.1. The summed E-state index contributed by atoms with van der Waals surface area (Å²) in [7, 11) is 0. The van der Waals surface area contributed by atoms with Gasteiger partial charge in [0, 0.05) is 30.5 Å². The summed E-state index contributed by atoms with van der Waals surface area (Å²) in [5.41, 5.74) is 0.461. The average molecular weight is 446 g/mol. The maximum Gasteiger partial charge on any atom is 0.333 e. The Morgan fingerprint density at radius 3 is 2.50 bits per heavy atom. The van der Waals surface area contributed by atoms with Crippen LogP contribution in [0.25, 0.3) is 0 Å². The van der Waals surface area contributed by atoms with Crippen molar-refractivity contribution >= 4 is 11.7 Å². The summed E-state index contributed by atoms with van der Waals surface area (Å²) >= 11 is 0. The molecule has 8 nitrogen and oxygen atoms in total. The molecule has 1 aromatic rings. The van der Waals surface area contributed by atoms with E-state index in [0.29, 0.717) is 18.3 Å². The Labute approximate surface area is 187 Å². The minimum Gasteiger partial charge on any atom is -0.508 e. The minimum atomic E-state index is -1.23. The highest BCUT2D eigenvalue weighted by atomic mass is 17.3. The van der Waals surface area contributed by atoms with E-state index in [1.165, 1.54) is 18.2 Å². The lowest BCUT2D eigenvalue weighted by Gasteiger charge is -2.59. The predicted octanol–water partition coefficient (Wildman–Crippen LogP) is 3.96. The molecule has 32 heavy (non-hydrogen) atoms. The van der Waals surface area contributed by atoms with Crippen molar-refractivity contribution in [2.75, 3.05) is 0 Å². The number of aliphatic carboxylic acids is 1. The molecule has 6 rings (SSSR count). The number of hydrogen-bond acceptors (Lipinski definition) is 7. The van der Waals surface area contributed by atoms with Gasteiger partial charge in [-0.3, -0.25) is 4.99 Å². The lowest BCUT2D eigenvalue weighted by molar-refractivity contribution is -0.534. The third kappa shape index (κ3) is 3.23. The van der Waals surface area contributed by atoms with Crippen molar-refractivity contribution in [3.63, 3.8) is 0 Å². The van der Waals surface area contributed by atoms with Gasteiger partial charge in [0.25, 0.3) is 0 Å². The van der Waals surface area contributed by atoms with Crippen LogP contribution >= 0.6 is 0 Å². The van der Waals surface area contributed by atoms with E-state index in [1.807, 2.05) is 6.92 Å². The highest BCUT2D eigenvalue weighted by molar-refractivity contribution is 5.91. The number of carbonyl (C=O) groups is 1. The normalized spacial score (nSPS) is 42.8. The number of benzene rings is 1. The molecule has 2 bridgehead atoms. The SMILES string of the molecule is C[C@@H]1C(=NC(C(=O)O)c2cc(O)cc(O)c2)C[C@H]2O[C@@]3(C)CCC4[C@@H](C)CCC1C42OO3. The number of hydrogen-bond donors (Lipinski definition) is 3. The van der Waals surface area contributed by atoms with E-state index >= 15 is 0 Å². The van der Waals surface area contributed by atoms with E-state index in [2.05, 4.69) is 18.8 Å². The molecular weight excluding hydrogens is 414 g/mol. The third-order valence-electron chi connectivity index (χ3n) is 8.24. The van der Waals surface area contributed by atoms with Gasteiger partial charge < -0.3 is 20.1 Å². The highest BCUT2D eigenvalue weighted by Crippen LogP contribution is 2.60. The lowest BCUT2D eigenvalue weighted by atomic mass is 9.53. The van der Waals surface area contributed by atoms with Crippen molar-refractivity contribution in [2.24, 2.45) is 28.7 Å². The average Bonchev–Trinajstić information content (AvgIpc) is 2.94. The Kier molecular flexibility index (Phi) is 5.03. The first-order valence-corrected chi connectivity index (χ1v) is 11.5. The Bertz CT molecular complexity index is 943. The van der Waals surface area contributed by atoms with E-state index in [4.69, 9.17) is 14.5 Å². The van der Waals surface area contributed by atoms with Crippen molar-refractivity contribution in [1.82, 2.24) is 0 Å². The lowest BCUT2D eigenvalue weighted by Crippen LogP contribution is -2.68. The molecule has 3 saturated heterocycles. The maximum absolute atomic E-state index is 12.1. The van der Waals surface area contributed by atoms with Gasteiger partial charge in [0.15, 0.2) is 11.8 Å². The quantitative estimate of drug-likeness (QED) is 0.603. The van der Waals surface area contributed by atoms with Gasteiger partial charge in [-0.25, -0.2) is 14.6 Å². The maximum atomic E-state index is 12.1. The molecule has 2 saturated carbocycles. The van der Waals surface area contributed by atoms with Crippen LogP contribution in [0, 0.1) is 23.7 Å². The van der Waals surface area contributed by atoms with Crippen molar-refractivity contribution in [2.45, 2.75) is 76.4 Å². The molecule has 1 spiro atoms. The van der Waals surface area contributed by atoms with Crippen molar-refractivity contribution in [3.8, 4) is 11.5 Å². The van der Waals surface area contributed by atoms with Gasteiger partial charge in [-0.05, 0) is 61.6 Å². The van der Waals surface area contributed by atoms with Gasteiger partial charge in [-0.1, -0.05) is 13.8 Å². The molecule has 8 atom stereocenters. The molecule has 0 aromatic heterocycles. The molecule has 5 aliphatic rings. The van der Waals surface area contributed by atoms with E-state index < -0.39 is 23.4 Å². The van der Waals surface area contributed by atoms with E-state index in [9.17, 15) is 20.1 Å². The van der Waals surface area contributed by atoms with Crippen molar-refractivity contribution in [1.29, 1.82) is 0 Å². The number of aromatic hydroxyl groups is 2. The van der Waals surface area contributed by atoms with Crippen molar-refractivity contribution in [3.05, 3.63) is 23.8 Å². The van der Waals surface area contributed by atoms with Crippen LogP contribution in [0.15, 0.2) is 23.2 Å². The number of nitrogens with zero attached hydrogens (tertiary/aromatic N) is 1. The number of carboxylic acid groups (broad SMARTS) is 1. The van der Waals surface area contributed by atoms with Crippen LogP contribution in [0.1, 0.15) is 64.5 Å². The molecule has 1 aromatic carbocycles. The zero-order valence-corrected chi connectivity index (χ0v) is 18.7. The van der Waals surface area contributed by atoms with Crippen LogP contribution in [0.4, 0.5) is 0 Å². The number of phenolic OH excluding ortho intramolecular Hbond substituents is 2. The largest absolute Gasteiger partial charge is 0.508 e. The second-order valence-corrected chi connectivity index (χ2v) is 10.2. The van der Waals surface area contributed by atoms with Gasteiger partial charge in [0.1, 0.15) is 17.1 Å². The molecule has 174 valence electrons. The minimum absolute atomic E-state index is 0.0105. The number of aliphatic imine (C=N–C) groups is 1. The second-order valence-electron chi connectivity index (χ2n) is 10.2. The molecule has 3 aliphatic heterocycles. The molecule has 0 radical (unpaired) electrons. The number of fused-ring (bicyclic) bond motifs is 2. The fraction of sp³-hybridized carbons (Fsp3) is 0.667. The van der Waals surface area contributed by atoms with Crippen LogP contribution in [0.5, 0.6) is 11.5 Å². The van der Waals surface area contributed by atoms with E-state index in [0.717, 1.165) is 31.4 Å². The van der Waals surface area contributed by atoms with Gasteiger partial charge in [0.2, 0.25) is 0 Å². The number of carboxylic acids is 1. The Morgan fingerprint density at radius 1 is 1.09 bits per heavy atom. The number of ether oxygens (including phenoxy) is 1. The first-order valence-electron chi connectivity index (χ1n) is 11.5. The summed E-state index contributed by atoms with van der Waals surface area (Å²) in [6, 6.07) is 2.60. The van der Waals surface area contributed by atoms with Crippen LogP contribution in [0.2, 0.25) is 0 Å². The van der Waals surface area contributed by atoms with Gasteiger partial charge >= 0.3 is 5.97 Å². The van der Waals surface area contributed by atoms with Gasteiger partial charge in [-0.2, -0.15) is 0 Å². The molecular formula is C24H31NO7. The van der Waals surface area contributed by atoms with Crippen LogP contribution < -0.4 is 0 Å². The smallest absolute Gasteiger partial charge is 0.333 e. The Morgan fingerprint density at radius 2 is 1.81 bits per heavy atom. The standard InChI is InChI=1S/C24H31NO7/c1-12-4-5-18-13(2)19(25-21(22(28)29)14-8-15(26)10-16(27)9-14)11-20-24(18)17(12)6-7-23(3,30-20)31-32-24/h8-10,12-13,17-18,20-21,26-27H,4-7,11H2,1-3H3,(H,28,29)/t12-,13-,17?,18?,20+,21?,23+,24?/m0/s1. The summed E-state index contributed by atoms with van der Waals surface area (Å²) < 4.78 is 6.49. The zero-order chi connectivity index (χ0) is 22.8. The van der Waals surface area contributed by atoms with Gasteiger partial charge in [-0.15, -0.1) is 0 Å². The molecule has 0 amide bonds. The monoisotopic (exact) mass is 445 g/mol. The molecule has 4 unspecified atom stereocenters. The topological polar surface area (TPSA) is 118 Å². The summed E-state index contributed by atoms with van der Waals surface area (Å²) in [5, 5.41) is 29.6. The highest BCUT2D eigenvalue weighted by Gasteiger charge is 2.67. The number of phenols is 2. The molecule has 8 heteroatoms. The molecule has 5 fully saturated rings. The Hall–Kier alpha value is -2.16. The molecule has 3 N–H and O–H groups in total. The summed E-state index contributed by atoms with van der Waals surface area (Å²) in [5.74, 6) is -1.44. The van der Waals surface area contributed by atoms with E-state index in [-0.39, 0.29) is 35.0 Å². The fourth-order valence-corrected chi connectivity index (χ4v) is 6.68. The number of rotatable bonds is 3.